The van der Waals surface area contributed by atoms with Crippen LogP contribution in [-0.4, -0.2) is 30.5 Å². The molecule has 0 amide bonds. The Labute approximate surface area is 112 Å². The van der Waals surface area contributed by atoms with Crippen molar-refractivity contribution < 1.29 is 0 Å². The molecule has 0 spiro atoms. The van der Waals surface area contributed by atoms with Gasteiger partial charge in [0.2, 0.25) is 0 Å². The van der Waals surface area contributed by atoms with E-state index in [4.69, 9.17) is 5.73 Å². The summed E-state index contributed by atoms with van der Waals surface area (Å²) in [6.45, 7) is 2.90. The van der Waals surface area contributed by atoms with Crippen molar-refractivity contribution in [3.63, 3.8) is 0 Å². The summed E-state index contributed by atoms with van der Waals surface area (Å²) in [6, 6.07) is 8.55. The Balaban J connectivity index is 2.18. The lowest BCUT2D eigenvalue weighted by atomic mass is 10.0. The third-order valence-corrected chi connectivity index (χ3v) is 3.89. The van der Waals surface area contributed by atoms with E-state index >= 15 is 0 Å². The van der Waals surface area contributed by atoms with Crippen LogP contribution in [0.25, 0.3) is 10.4 Å². The quantitative estimate of drug-likeness (QED) is 0.920. The topological polar surface area (TPSA) is 42.1 Å². The summed E-state index contributed by atoms with van der Waals surface area (Å²) in [5.41, 5.74) is 11.5. The fourth-order valence-corrected chi connectivity index (χ4v) is 2.77. The standard InChI is InChI=1S/C14H19N3S/c1-10-14(18-9-16-10)12-6-4-11(5-7-12)13(15)8-17(2)3/h4-7,9,13H,8,15H2,1-3H3. The molecule has 0 saturated carbocycles. The number of likely N-dealkylation sites (N-methyl/N-ethyl adjacent to an activating group) is 1. The molecule has 2 rings (SSSR count). The Morgan fingerprint density at radius 2 is 1.94 bits per heavy atom. The minimum absolute atomic E-state index is 0.0663. The Bertz CT molecular complexity index is 502. The molecule has 1 aromatic heterocycles. The van der Waals surface area contributed by atoms with Gasteiger partial charge in [-0.1, -0.05) is 24.3 Å². The van der Waals surface area contributed by atoms with Gasteiger partial charge in [-0.2, -0.15) is 0 Å². The maximum absolute atomic E-state index is 6.14. The first-order valence-electron chi connectivity index (χ1n) is 5.98. The number of hydrogen-bond donors (Lipinski definition) is 1. The molecule has 4 heteroatoms. The Morgan fingerprint density at radius 1 is 1.28 bits per heavy atom. The number of nitrogens with two attached hydrogens (primary N) is 1. The van der Waals surface area contributed by atoms with E-state index in [1.54, 1.807) is 11.3 Å². The number of hydrogen-bond acceptors (Lipinski definition) is 4. The second-order valence-corrected chi connectivity index (χ2v) is 5.61. The number of thiazole rings is 1. The molecule has 0 aliphatic heterocycles. The van der Waals surface area contributed by atoms with E-state index in [0.717, 1.165) is 12.2 Å². The van der Waals surface area contributed by atoms with Crippen LogP contribution >= 0.6 is 11.3 Å². The van der Waals surface area contributed by atoms with Crippen molar-refractivity contribution in [3.8, 4) is 10.4 Å². The van der Waals surface area contributed by atoms with Crippen molar-refractivity contribution in [2.24, 2.45) is 5.73 Å². The van der Waals surface area contributed by atoms with Gasteiger partial charge >= 0.3 is 0 Å². The molecular formula is C14H19N3S. The minimum atomic E-state index is 0.0663. The number of aryl methyl sites for hydroxylation is 1. The SMILES string of the molecule is Cc1ncsc1-c1ccc(C(N)CN(C)C)cc1. The Kier molecular flexibility index (Phi) is 4.11. The van der Waals surface area contributed by atoms with Gasteiger partial charge < -0.3 is 10.6 Å². The number of rotatable bonds is 4. The van der Waals surface area contributed by atoms with E-state index in [1.165, 1.54) is 16.0 Å². The van der Waals surface area contributed by atoms with Crippen LogP contribution in [0.1, 0.15) is 17.3 Å². The second-order valence-electron chi connectivity index (χ2n) is 4.76. The lowest BCUT2D eigenvalue weighted by Gasteiger charge is -2.17. The van der Waals surface area contributed by atoms with E-state index in [-0.39, 0.29) is 6.04 Å². The third-order valence-electron chi connectivity index (χ3n) is 2.91. The van der Waals surface area contributed by atoms with Gasteiger partial charge in [-0.3, -0.25) is 0 Å². The van der Waals surface area contributed by atoms with E-state index in [9.17, 15) is 0 Å². The Morgan fingerprint density at radius 3 is 2.44 bits per heavy atom. The molecule has 3 nitrogen and oxygen atoms in total. The van der Waals surface area contributed by atoms with Crippen LogP contribution in [0.2, 0.25) is 0 Å². The first-order valence-corrected chi connectivity index (χ1v) is 6.86. The van der Waals surface area contributed by atoms with Gasteiger partial charge in [-0.25, -0.2) is 4.98 Å². The van der Waals surface area contributed by atoms with E-state index in [1.807, 2.05) is 26.5 Å². The molecule has 1 aromatic carbocycles. The maximum Gasteiger partial charge on any atom is 0.0801 e. The summed E-state index contributed by atoms with van der Waals surface area (Å²) < 4.78 is 0. The molecule has 18 heavy (non-hydrogen) atoms. The van der Waals surface area contributed by atoms with E-state index < -0.39 is 0 Å². The lowest BCUT2D eigenvalue weighted by molar-refractivity contribution is 0.376. The molecule has 0 radical (unpaired) electrons. The maximum atomic E-state index is 6.14. The van der Waals surface area contributed by atoms with Crippen molar-refractivity contribution in [2.75, 3.05) is 20.6 Å². The largest absolute Gasteiger partial charge is 0.323 e. The summed E-state index contributed by atoms with van der Waals surface area (Å²) in [5, 5.41) is 0. The molecule has 96 valence electrons. The zero-order valence-electron chi connectivity index (χ0n) is 11.1. The highest BCUT2D eigenvalue weighted by atomic mass is 32.1. The predicted molar refractivity (Wildman–Crippen MR) is 77.8 cm³/mol. The fourth-order valence-electron chi connectivity index (χ4n) is 1.96. The van der Waals surface area contributed by atoms with Gasteiger partial charge in [-0.05, 0) is 32.1 Å². The van der Waals surface area contributed by atoms with Crippen LogP contribution in [0.15, 0.2) is 29.8 Å². The average molecular weight is 261 g/mol. The van der Waals surface area contributed by atoms with Crippen LogP contribution in [0.3, 0.4) is 0 Å². The predicted octanol–water partition coefficient (Wildman–Crippen LogP) is 2.68. The Hall–Kier alpha value is -1.23. The fraction of sp³-hybridized carbons (Fsp3) is 0.357. The van der Waals surface area contributed by atoms with E-state index in [2.05, 4.69) is 34.1 Å². The van der Waals surface area contributed by atoms with Crippen molar-refractivity contribution in [3.05, 3.63) is 41.0 Å². The molecule has 1 unspecified atom stereocenters. The summed E-state index contributed by atoms with van der Waals surface area (Å²) in [6.07, 6.45) is 0. The van der Waals surface area contributed by atoms with Crippen LogP contribution in [0.4, 0.5) is 0 Å². The van der Waals surface area contributed by atoms with Crippen molar-refractivity contribution in [2.45, 2.75) is 13.0 Å². The van der Waals surface area contributed by atoms with Gasteiger partial charge in [0.25, 0.3) is 0 Å². The first kappa shape index (κ1) is 13.2. The molecule has 1 heterocycles. The van der Waals surface area contributed by atoms with Crippen molar-refractivity contribution in [1.29, 1.82) is 0 Å². The highest BCUT2D eigenvalue weighted by Gasteiger charge is 2.09. The summed E-state index contributed by atoms with van der Waals surface area (Å²) in [7, 11) is 4.07. The van der Waals surface area contributed by atoms with Crippen LogP contribution in [0.5, 0.6) is 0 Å². The molecule has 2 N–H and O–H groups in total. The zero-order chi connectivity index (χ0) is 13.1. The van der Waals surface area contributed by atoms with Gasteiger partial charge in [0.1, 0.15) is 0 Å². The number of benzene rings is 1. The molecule has 0 saturated heterocycles. The smallest absolute Gasteiger partial charge is 0.0801 e. The van der Waals surface area contributed by atoms with Crippen LogP contribution in [0, 0.1) is 6.92 Å². The second kappa shape index (κ2) is 5.61. The number of nitrogens with zero attached hydrogens (tertiary/aromatic N) is 2. The van der Waals surface area contributed by atoms with Crippen molar-refractivity contribution in [1.82, 2.24) is 9.88 Å². The molecule has 0 bridgehead atoms. The normalized spacial score (nSPS) is 12.9. The van der Waals surface area contributed by atoms with Gasteiger partial charge in [0, 0.05) is 12.6 Å². The average Bonchev–Trinajstić information content (AvgIpc) is 2.75. The highest BCUT2D eigenvalue weighted by Crippen LogP contribution is 2.27. The highest BCUT2D eigenvalue weighted by molar-refractivity contribution is 7.13. The van der Waals surface area contributed by atoms with Gasteiger partial charge in [0.05, 0.1) is 16.1 Å². The summed E-state index contributed by atoms with van der Waals surface area (Å²) >= 11 is 1.68. The zero-order valence-corrected chi connectivity index (χ0v) is 11.9. The van der Waals surface area contributed by atoms with E-state index in [0.29, 0.717) is 0 Å². The molecule has 0 aliphatic carbocycles. The molecule has 0 fully saturated rings. The third kappa shape index (κ3) is 2.96. The number of aromatic nitrogens is 1. The molecule has 1 atom stereocenters. The van der Waals surface area contributed by atoms with Gasteiger partial charge in [0.15, 0.2) is 0 Å². The summed E-state index contributed by atoms with van der Waals surface area (Å²) in [4.78, 5) is 7.62. The lowest BCUT2D eigenvalue weighted by Crippen LogP contribution is -2.25. The van der Waals surface area contributed by atoms with Crippen molar-refractivity contribution >= 4 is 11.3 Å². The summed E-state index contributed by atoms with van der Waals surface area (Å²) in [5.74, 6) is 0. The minimum Gasteiger partial charge on any atom is -0.323 e. The van der Waals surface area contributed by atoms with Crippen LogP contribution < -0.4 is 5.73 Å². The van der Waals surface area contributed by atoms with Gasteiger partial charge in [-0.15, -0.1) is 11.3 Å². The first-order chi connectivity index (χ1) is 8.58. The molecular weight excluding hydrogens is 242 g/mol. The molecule has 2 aromatic rings. The monoisotopic (exact) mass is 261 g/mol. The molecule has 0 aliphatic rings. The van der Waals surface area contributed by atoms with Crippen LogP contribution in [-0.2, 0) is 0 Å².